The first kappa shape index (κ1) is 16.1. The van der Waals surface area contributed by atoms with Gasteiger partial charge in [-0.1, -0.05) is 18.7 Å². The number of fused-ring (bicyclic) bond motifs is 3. The summed E-state index contributed by atoms with van der Waals surface area (Å²) in [5.41, 5.74) is 1.27. The molecule has 1 fully saturated rings. The highest BCUT2D eigenvalue weighted by atomic mass is 32.2. The molecule has 0 radical (unpaired) electrons. The van der Waals surface area contributed by atoms with E-state index in [9.17, 15) is 9.59 Å². The Kier molecular flexibility index (Phi) is 4.16. The van der Waals surface area contributed by atoms with Crippen LogP contribution in [-0.2, 0) is 28.9 Å². The monoisotopic (exact) mass is 364 g/mol. The summed E-state index contributed by atoms with van der Waals surface area (Å²) in [6.07, 6.45) is 4.64. The van der Waals surface area contributed by atoms with Crippen molar-refractivity contribution in [2.24, 2.45) is 0 Å². The largest absolute Gasteiger partial charge is 0.462 e. The van der Waals surface area contributed by atoms with Gasteiger partial charge in [0.25, 0.3) is 5.56 Å². The van der Waals surface area contributed by atoms with Gasteiger partial charge in [0.15, 0.2) is 5.16 Å². The summed E-state index contributed by atoms with van der Waals surface area (Å²) in [6.45, 7) is 4.58. The zero-order valence-electron chi connectivity index (χ0n) is 13.8. The van der Waals surface area contributed by atoms with Crippen molar-refractivity contribution >= 4 is 39.3 Å². The molecule has 0 spiro atoms. The number of thioether (sulfide) groups is 1. The highest BCUT2D eigenvalue weighted by molar-refractivity contribution is 8.00. The number of hydrogen-bond donors (Lipinski definition) is 0. The summed E-state index contributed by atoms with van der Waals surface area (Å²) in [4.78, 5) is 32.0. The molecule has 0 N–H and O–H groups in total. The Morgan fingerprint density at radius 2 is 2.21 bits per heavy atom. The van der Waals surface area contributed by atoms with Gasteiger partial charge >= 0.3 is 5.97 Å². The van der Waals surface area contributed by atoms with E-state index < -0.39 is 0 Å². The summed E-state index contributed by atoms with van der Waals surface area (Å²) in [5, 5.41) is 1.21. The Hall–Kier alpha value is -1.34. The Morgan fingerprint density at radius 3 is 2.92 bits per heavy atom. The second kappa shape index (κ2) is 6.19. The molecular formula is C17H20N2O3S2. The molecule has 1 aliphatic carbocycles. The topological polar surface area (TPSA) is 61.2 Å². The van der Waals surface area contributed by atoms with Crippen LogP contribution in [0.25, 0.3) is 10.2 Å². The van der Waals surface area contributed by atoms with E-state index in [1.165, 1.54) is 22.2 Å². The van der Waals surface area contributed by atoms with Crippen molar-refractivity contribution in [3.05, 3.63) is 20.8 Å². The van der Waals surface area contributed by atoms with Crippen molar-refractivity contribution < 1.29 is 9.53 Å². The third-order valence-corrected chi connectivity index (χ3v) is 6.99. The van der Waals surface area contributed by atoms with E-state index in [0.29, 0.717) is 18.1 Å². The molecule has 3 heterocycles. The van der Waals surface area contributed by atoms with Crippen LogP contribution in [0.1, 0.15) is 43.6 Å². The number of esters is 1. The maximum absolute atomic E-state index is 13.1. The minimum absolute atomic E-state index is 0.0585. The third-order valence-electron chi connectivity index (χ3n) is 4.61. The summed E-state index contributed by atoms with van der Waals surface area (Å²) in [7, 11) is 0. The lowest BCUT2D eigenvalue weighted by atomic mass is 10.2. The van der Waals surface area contributed by atoms with Crippen LogP contribution in [0.2, 0.25) is 0 Å². The number of carbonyl (C=O) groups is 1. The van der Waals surface area contributed by atoms with Crippen LogP contribution >= 0.6 is 23.1 Å². The number of thiophene rings is 1. The molecule has 1 aliphatic heterocycles. The van der Waals surface area contributed by atoms with Gasteiger partial charge in [0.2, 0.25) is 0 Å². The third kappa shape index (κ3) is 2.58. The number of hydrogen-bond acceptors (Lipinski definition) is 6. The fourth-order valence-electron chi connectivity index (χ4n) is 3.51. The smallest absolute Gasteiger partial charge is 0.319 e. The first-order valence-corrected chi connectivity index (χ1v) is 10.2. The average molecular weight is 364 g/mol. The Morgan fingerprint density at radius 1 is 1.38 bits per heavy atom. The van der Waals surface area contributed by atoms with Gasteiger partial charge in [-0.15, -0.1) is 11.3 Å². The molecule has 0 aromatic carbocycles. The number of aryl methyl sites for hydroxylation is 2. The van der Waals surface area contributed by atoms with E-state index in [1.54, 1.807) is 15.9 Å². The number of ether oxygens (including phenoxy) is 1. The minimum Gasteiger partial charge on any atom is -0.462 e. The molecule has 1 saturated heterocycles. The van der Waals surface area contributed by atoms with E-state index in [1.807, 2.05) is 6.92 Å². The van der Waals surface area contributed by atoms with Gasteiger partial charge in [0.05, 0.1) is 5.39 Å². The second-order valence-corrected chi connectivity index (χ2v) is 8.73. The molecule has 2 aromatic rings. The van der Waals surface area contributed by atoms with Crippen LogP contribution in [0.4, 0.5) is 0 Å². The summed E-state index contributed by atoms with van der Waals surface area (Å²) < 4.78 is 7.00. The molecule has 0 unspecified atom stereocenters. The molecule has 128 valence electrons. The van der Waals surface area contributed by atoms with Crippen molar-refractivity contribution in [2.75, 3.05) is 0 Å². The van der Waals surface area contributed by atoms with Crippen molar-refractivity contribution in [2.45, 2.75) is 69.0 Å². The van der Waals surface area contributed by atoms with Crippen LogP contribution in [0.15, 0.2) is 9.95 Å². The quantitative estimate of drug-likeness (QED) is 0.616. The maximum atomic E-state index is 13.1. The van der Waals surface area contributed by atoms with Crippen LogP contribution < -0.4 is 5.56 Å². The van der Waals surface area contributed by atoms with Crippen LogP contribution in [-0.4, -0.2) is 26.9 Å². The molecule has 24 heavy (non-hydrogen) atoms. The fourth-order valence-corrected chi connectivity index (χ4v) is 6.04. The molecule has 7 heteroatoms. The van der Waals surface area contributed by atoms with Crippen molar-refractivity contribution in [3.63, 3.8) is 0 Å². The normalized spacial score (nSPS) is 23.0. The molecular weight excluding hydrogens is 344 g/mol. The summed E-state index contributed by atoms with van der Waals surface area (Å²) in [6, 6.07) is 0. The lowest BCUT2D eigenvalue weighted by Crippen LogP contribution is -2.24. The molecule has 0 saturated carbocycles. The second-order valence-electron chi connectivity index (χ2n) is 6.48. The number of nitrogens with zero attached hydrogens (tertiary/aromatic N) is 2. The van der Waals surface area contributed by atoms with E-state index in [2.05, 4.69) is 6.92 Å². The highest BCUT2D eigenvalue weighted by Gasteiger charge is 2.34. The van der Waals surface area contributed by atoms with Crippen molar-refractivity contribution in [1.29, 1.82) is 0 Å². The number of aromatic nitrogens is 2. The summed E-state index contributed by atoms with van der Waals surface area (Å²) >= 11 is 3.03. The van der Waals surface area contributed by atoms with Crippen LogP contribution in [0.5, 0.6) is 0 Å². The SMILES string of the molecule is CCCn1c(S[C@H]2C[C@@H](C)OC2=O)nc2sc3c(c2c1=O)CCC3. The predicted molar refractivity (Wildman–Crippen MR) is 96.0 cm³/mol. The van der Waals surface area contributed by atoms with E-state index >= 15 is 0 Å². The van der Waals surface area contributed by atoms with Crippen molar-refractivity contribution in [1.82, 2.24) is 9.55 Å². The molecule has 2 atom stereocenters. The van der Waals surface area contributed by atoms with Crippen molar-refractivity contribution in [3.8, 4) is 0 Å². The standard InChI is InChI=1S/C17H20N2O3S2/c1-3-7-19-15(20)13-10-5-4-6-11(10)23-14(13)18-17(19)24-12-8-9(2)22-16(12)21/h9,12H,3-8H2,1-2H3/t9-,12+/m1/s1. The highest BCUT2D eigenvalue weighted by Crippen LogP contribution is 2.37. The van der Waals surface area contributed by atoms with Gasteiger partial charge in [-0.2, -0.15) is 0 Å². The van der Waals surface area contributed by atoms with Gasteiger partial charge in [-0.05, 0) is 38.2 Å². The lowest BCUT2D eigenvalue weighted by molar-refractivity contribution is -0.140. The summed E-state index contributed by atoms with van der Waals surface area (Å²) in [5.74, 6) is -0.196. The number of carbonyl (C=O) groups excluding carboxylic acids is 1. The van der Waals surface area contributed by atoms with E-state index in [-0.39, 0.29) is 22.9 Å². The average Bonchev–Trinajstić information content (AvgIpc) is 3.18. The van der Waals surface area contributed by atoms with Gasteiger partial charge in [0.1, 0.15) is 16.2 Å². The number of cyclic esters (lactones) is 1. The Bertz CT molecular complexity index is 871. The molecule has 0 bridgehead atoms. The van der Waals surface area contributed by atoms with Crippen LogP contribution in [0.3, 0.4) is 0 Å². The minimum atomic E-state index is -0.265. The molecule has 2 aromatic heterocycles. The van der Waals surface area contributed by atoms with Gasteiger partial charge in [0, 0.05) is 17.8 Å². The van der Waals surface area contributed by atoms with Crippen LogP contribution in [0, 0.1) is 0 Å². The van der Waals surface area contributed by atoms with Gasteiger partial charge < -0.3 is 4.74 Å². The fraction of sp³-hybridized carbons (Fsp3) is 0.588. The predicted octanol–water partition coefficient (Wildman–Crippen LogP) is 3.15. The first-order valence-electron chi connectivity index (χ1n) is 8.50. The van der Waals surface area contributed by atoms with E-state index in [0.717, 1.165) is 35.9 Å². The molecule has 4 rings (SSSR count). The van der Waals surface area contributed by atoms with Gasteiger partial charge in [-0.3, -0.25) is 14.2 Å². The molecule has 2 aliphatic rings. The first-order chi connectivity index (χ1) is 11.6. The Balaban J connectivity index is 1.81. The van der Waals surface area contributed by atoms with E-state index in [4.69, 9.17) is 9.72 Å². The van der Waals surface area contributed by atoms with Gasteiger partial charge in [-0.25, -0.2) is 4.98 Å². The molecule has 0 amide bonds. The Labute approximate surface area is 148 Å². The number of rotatable bonds is 4. The molecule has 5 nitrogen and oxygen atoms in total. The zero-order chi connectivity index (χ0) is 16.8. The lowest BCUT2D eigenvalue weighted by Gasteiger charge is -2.13. The zero-order valence-corrected chi connectivity index (χ0v) is 15.5. The maximum Gasteiger partial charge on any atom is 0.319 e.